The number of allylic oxidation sites excluding steroid dienone is 3. The molecule has 0 aliphatic heterocycles. The first-order valence-corrected chi connectivity index (χ1v) is 3.85. The zero-order valence-corrected chi connectivity index (χ0v) is 6.67. The molecule has 0 aromatic carbocycles. The molecule has 1 N–H and O–H groups in total. The minimum atomic E-state index is 0.560. The molecule has 0 saturated heterocycles. The van der Waals surface area contributed by atoms with Crippen LogP contribution < -0.4 is 5.32 Å². The largest absolute Gasteiger partial charge is 0.314 e. The maximum absolute atomic E-state index is 3.25. The van der Waals surface area contributed by atoms with Gasteiger partial charge in [-0.1, -0.05) is 31.2 Å². The van der Waals surface area contributed by atoms with Gasteiger partial charge in [-0.25, -0.2) is 0 Å². The van der Waals surface area contributed by atoms with E-state index in [2.05, 4.69) is 36.5 Å². The van der Waals surface area contributed by atoms with Crippen LogP contribution in [-0.4, -0.2) is 13.1 Å². The molecule has 0 fully saturated rings. The van der Waals surface area contributed by atoms with Gasteiger partial charge in [-0.05, 0) is 19.4 Å². The van der Waals surface area contributed by atoms with E-state index in [1.54, 1.807) is 0 Å². The normalized spacial score (nSPS) is 32.2. The van der Waals surface area contributed by atoms with E-state index in [9.17, 15) is 0 Å². The third-order valence-electron chi connectivity index (χ3n) is 1.89. The number of hydrogen-bond acceptors (Lipinski definition) is 1. The molecular weight excluding hydrogens is 122 g/mol. The predicted molar refractivity (Wildman–Crippen MR) is 44.9 cm³/mol. The first kappa shape index (κ1) is 7.55. The highest BCUT2D eigenvalue weighted by atomic mass is 14.9. The summed E-state index contributed by atoms with van der Waals surface area (Å²) in [7, 11) is 2.01. The Kier molecular flexibility index (Phi) is 2.69. The van der Waals surface area contributed by atoms with E-state index in [1.165, 1.54) is 6.42 Å². The lowest BCUT2D eigenvalue weighted by atomic mass is 10.0. The van der Waals surface area contributed by atoms with Crippen molar-refractivity contribution in [2.45, 2.75) is 19.4 Å². The maximum atomic E-state index is 3.25. The van der Waals surface area contributed by atoms with Crippen LogP contribution in [-0.2, 0) is 0 Å². The summed E-state index contributed by atoms with van der Waals surface area (Å²) >= 11 is 0. The molecule has 0 aromatic rings. The number of hydrogen-bond donors (Lipinski definition) is 1. The highest BCUT2D eigenvalue weighted by Gasteiger charge is 2.06. The van der Waals surface area contributed by atoms with Crippen molar-refractivity contribution in [2.24, 2.45) is 5.92 Å². The average molecular weight is 137 g/mol. The van der Waals surface area contributed by atoms with Gasteiger partial charge in [0.15, 0.2) is 0 Å². The third kappa shape index (κ3) is 1.99. The molecule has 0 saturated carbocycles. The molecule has 10 heavy (non-hydrogen) atoms. The molecule has 0 bridgehead atoms. The number of rotatable bonds is 1. The van der Waals surface area contributed by atoms with Crippen molar-refractivity contribution in [1.29, 1.82) is 0 Å². The van der Waals surface area contributed by atoms with Gasteiger partial charge in [0.2, 0.25) is 0 Å². The summed E-state index contributed by atoms with van der Waals surface area (Å²) in [5.74, 6) is 0.701. The van der Waals surface area contributed by atoms with Crippen LogP contribution in [0.15, 0.2) is 24.3 Å². The first-order chi connectivity index (χ1) is 4.83. The van der Waals surface area contributed by atoms with Crippen molar-refractivity contribution in [1.82, 2.24) is 5.32 Å². The fourth-order valence-corrected chi connectivity index (χ4v) is 1.22. The molecule has 1 aliphatic rings. The third-order valence-corrected chi connectivity index (χ3v) is 1.89. The Bertz CT molecular complexity index is 147. The van der Waals surface area contributed by atoms with Crippen molar-refractivity contribution in [3.05, 3.63) is 24.3 Å². The summed E-state index contributed by atoms with van der Waals surface area (Å²) in [5, 5.41) is 3.25. The van der Waals surface area contributed by atoms with Crippen LogP contribution in [0.4, 0.5) is 0 Å². The Morgan fingerprint density at radius 3 is 2.70 bits per heavy atom. The first-order valence-electron chi connectivity index (χ1n) is 3.85. The van der Waals surface area contributed by atoms with Crippen LogP contribution in [0.2, 0.25) is 0 Å². The lowest BCUT2D eigenvalue weighted by molar-refractivity contribution is 0.538. The second-order valence-electron chi connectivity index (χ2n) is 2.88. The number of nitrogens with one attached hydrogen (secondary N) is 1. The van der Waals surface area contributed by atoms with Crippen LogP contribution in [0.25, 0.3) is 0 Å². The van der Waals surface area contributed by atoms with Crippen molar-refractivity contribution in [3.8, 4) is 0 Å². The molecule has 0 heterocycles. The van der Waals surface area contributed by atoms with Crippen LogP contribution in [0, 0.1) is 5.92 Å². The van der Waals surface area contributed by atoms with Crippen LogP contribution >= 0.6 is 0 Å². The zero-order valence-electron chi connectivity index (χ0n) is 6.67. The van der Waals surface area contributed by atoms with Gasteiger partial charge in [-0.2, -0.15) is 0 Å². The standard InChI is InChI=1S/C9H15N/c1-8-5-3-4-6-9(7-8)10-2/h3-6,8-10H,7H2,1-2H3/t8-,9?/m1/s1. The van der Waals surface area contributed by atoms with Gasteiger partial charge in [-0.15, -0.1) is 0 Å². The molecule has 0 radical (unpaired) electrons. The molecule has 1 aliphatic carbocycles. The van der Waals surface area contributed by atoms with Crippen molar-refractivity contribution < 1.29 is 0 Å². The Hall–Kier alpha value is -0.560. The fourth-order valence-electron chi connectivity index (χ4n) is 1.22. The molecule has 0 spiro atoms. The van der Waals surface area contributed by atoms with Crippen molar-refractivity contribution in [2.75, 3.05) is 7.05 Å². The molecule has 1 nitrogen and oxygen atoms in total. The van der Waals surface area contributed by atoms with Crippen LogP contribution in [0.3, 0.4) is 0 Å². The lowest BCUT2D eigenvalue weighted by Gasteiger charge is -2.12. The summed E-state index contributed by atoms with van der Waals surface area (Å²) in [4.78, 5) is 0. The predicted octanol–water partition coefficient (Wildman–Crippen LogP) is 1.73. The maximum Gasteiger partial charge on any atom is 0.0255 e. The Morgan fingerprint density at radius 1 is 1.30 bits per heavy atom. The highest BCUT2D eigenvalue weighted by Crippen LogP contribution is 2.11. The van der Waals surface area contributed by atoms with Gasteiger partial charge < -0.3 is 5.32 Å². The van der Waals surface area contributed by atoms with E-state index in [0.717, 1.165) is 0 Å². The molecule has 0 amide bonds. The van der Waals surface area contributed by atoms with Crippen molar-refractivity contribution in [3.63, 3.8) is 0 Å². The van der Waals surface area contributed by atoms with E-state index in [0.29, 0.717) is 12.0 Å². The molecular formula is C9H15N. The summed E-state index contributed by atoms with van der Waals surface area (Å²) < 4.78 is 0. The van der Waals surface area contributed by atoms with E-state index in [-0.39, 0.29) is 0 Å². The SMILES string of the molecule is CNC1C=CC=C[C@@H](C)C1. The minimum Gasteiger partial charge on any atom is -0.314 e. The summed E-state index contributed by atoms with van der Waals surface area (Å²) in [5.41, 5.74) is 0. The topological polar surface area (TPSA) is 12.0 Å². The average Bonchev–Trinajstić information content (AvgIpc) is 2.13. The monoisotopic (exact) mass is 137 g/mol. The van der Waals surface area contributed by atoms with Crippen LogP contribution in [0.5, 0.6) is 0 Å². The lowest BCUT2D eigenvalue weighted by Crippen LogP contribution is -2.23. The smallest absolute Gasteiger partial charge is 0.0255 e. The van der Waals surface area contributed by atoms with Crippen molar-refractivity contribution >= 4 is 0 Å². The van der Waals surface area contributed by atoms with Gasteiger partial charge in [0.05, 0.1) is 0 Å². The van der Waals surface area contributed by atoms with E-state index in [4.69, 9.17) is 0 Å². The van der Waals surface area contributed by atoms with Gasteiger partial charge in [0.1, 0.15) is 0 Å². The number of likely N-dealkylation sites (N-methyl/N-ethyl adjacent to an activating group) is 1. The summed E-state index contributed by atoms with van der Waals surface area (Å²) in [6.45, 7) is 2.24. The molecule has 0 aromatic heterocycles. The second kappa shape index (κ2) is 3.57. The molecule has 1 unspecified atom stereocenters. The van der Waals surface area contributed by atoms with Gasteiger partial charge in [0, 0.05) is 6.04 Å². The molecule has 56 valence electrons. The van der Waals surface area contributed by atoms with Gasteiger partial charge in [0.25, 0.3) is 0 Å². The van der Waals surface area contributed by atoms with Gasteiger partial charge >= 0.3 is 0 Å². The van der Waals surface area contributed by atoms with E-state index < -0.39 is 0 Å². The fraction of sp³-hybridized carbons (Fsp3) is 0.556. The van der Waals surface area contributed by atoms with E-state index in [1.807, 2.05) is 7.05 Å². The second-order valence-corrected chi connectivity index (χ2v) is 2.88. The van der Waals surface area contributed by atoms with Gasteiger partial charge in [-0.3, -0.25) is 0 Å². The Labute approximate surface area is 62.8 Å². The molecule has 1 rings (SSSR count). The molecule has 2 atom stereocenters. The minimum absolute atomic E-state index is 0.560. The summed E-state index contributed by atoms with van der Waals surface area (Å²) in [6, 6.07) is 0.560. The van der Waals surface area contributed by atoms with Crippen LogP contribution in [0.1, 0.15) is 13.3 Å². The zero-order chi connectivity index (χ0) is 7.40. The van der Waals surface area contributed by atoms with E-state index >= 15 is 0 Å². The Morgan fingerprint density at radius 2 is 2.00 bits per heavy atom. The highest BCUT2D eigenvalue weighted by molar-refractivity contribution is 5.11. The Balaban J connectivity index is 2.51. The summed E-state index contributed by atoms with van der Waals surface area (Å²) in [6.07, 6.45) is 9.91. The molecule has 1 heteroatoms. The quantitative estimate of drug-likeness (QED) is 0.580.